The minimum atomic E-state index is -1.05. The van der Waals surface area contributed by atoms with Gasteiger partial charge in [-0.25, -0.2) is 0 Å². The predicted molar refractivity (Wildman–Crippen MR) is 98.9 cm³/mol. The molecule has 0 amide bonds. The fourth-order valence-corrected chi connectivity index (χ4v) is 3.37. The van der Waals surface area contributed by atoms with E-state index in [0.29, 0.717) is 35.2 Å². The summed E-state index contributed by atoms with van der Waals surface area (Å²) in [5, 5.41) is 9.45. The molecule has 0 unspecified atom stereocenters. The molecule has 1 aromatic heterocycles. The highest BCUT2D eigenvalue weighted by atomic mass is 35.5. The number of carbonyl (C=O) groups is 1. The van der Waals surface area contributed by atoms with Crippen molar-refractivity contribution in [3.05, 3.63) is 58.9 Å². The minimum Gasteiger partial charge on any atom is -0.481 e. The molecular weight excluding hydrogens is 370 g/mol. The van der Waals surface area contributed by atoms with Crippen LogP contribution in [0.4, 0.5) is 0 Å². The van der Waals surface area contributed by atoms with E-state index in [1.54, 1.807) is 18.3 Å². The van der Waals surface area contributed by atoms with Crippen LogP contribution in [0.1, 0.15) is 31.0 Å². The van der Waals surface area contributed by atoms with E-state index in [0.717, 1.165) is 11.1 Å². The van der Waals surface area contributed by atoms with Gasteiger partial charge in [-0.15, -0.1) is 0 Å². The van der Waals surface area contributed by atoms with E-state index in [1.165, 1.54) is 0 Å². The predicted octanol–water partition coefficient (Wildman–Crippen LogP) is 4.03. The van der Waals surface area contributed by atoms with Gasteiger partial charge in [0, 0.05) is 18.7 Å². The van der Waals surface area contributed by atoms with Gasteiger partial charge >= 0.3 is 5.97 Å². The Morgan fingerprint density at radius 2 is 2.19 bits per heavy atom. The van der Waals surface area contributed by atoms with Gasteiger partial charge in [0.05, 0.1) is 24.2 Å². The number of rotatable bonds is 4. The second-order valence-corrected chi connectivity index (χ2v) is 7.08. The molecule has 1 N–H and O–H groups in total. The number of carboxylic acids is 1. The summed E-state index contributed by atoms with van der Waals surface area (Å²) >= 11 is 5.92. The third-order valence-corrected chi connectivity index (χ3v) is 4.85. The van der Waals surface area contributed by atoms with E-state index in [-0.39, 0.29) is 12.5 Å². The number of halogens is 1. The topological polar surface area (TPSA) is 77.9 Å². The molecule has 2 aliphatic rings. The fourth-order valence-electron chi connectivity index (χ4n) is 3.26. The quantitative estimate of drug-likeness (QED) is 0.853. The highest BCUT2D eigenvalue weighted by molar-refractivity contribution is 6.30. The van der Waals surface area contributed by atoms with Gasteiger partial charge in [0.2, 0.25) is 0 Å². The second kappa shape index (κ2) is 6.87. The molecule has 6 nitrogen and oxygen atoms in total. The number of aliphatic carboxylic acids is 1. The van der Waals surface area contributed by atoms with Crippen LogP contribution in [-0.4, -0.2) is 28.8 Å². The Kier molecular flexibility index (Phi) is 4.53. The molecule has 1 aromatic carbocycles. The molecule has 140 valence electrons. The van der Waals surface area contributed by atoms with E-state index in [2.05, 4.69) is 4.98 Å². The van der Waals surface area contributed by atoms with Gasteiger partial charge < -0.3 is 19.3 Å². The maximum Gasteiger partial charge on any atom is 0.305 e. The van der Waals surface area contributed by atoms with Crippen molar-refractivity contribution in [2.75, 3.05) is 6.61 Å². The number of hydrogen-bond acceptors (Lipinski definition) is 5. The number of benzene rings is 1. The van der Waals surface area contributed by atoms with E-state index in [4.69, 9.17) is 30.9 Å². The SMILES string of the molecule is C[C@@]1(c2ccc(Cl)cn2)Oc2cccc(C3=CC[C@H](CC(=O)O)OC3)c2O1. The first-order valence-electron chi connectivity index (χ1n) is 8.60. The average Bonchev–Trinajstić information content (AvgIpc) is 3.00. The molecular formula is C20H18ClNO5. The molecule has 2 aliphatic heterocycles. The van der Waals surface area contributed by atoms with E-state index >= 15 is 0 Å². The maximum atomic E-state index is 10.8. The zero-order chi connectivity index (χ0) is 19.0. The first kappa shape index (κ1) is 17.8. The van der Waals surface area contributed by atoms with Crippen molar-refractivity contribution in [2.45, 2.75) is 31.7 Å². The monoisotopic (exact) mass is 387 g/mol. The van der Waals surface area contributed by atoms with E-state index < -0.39 is 11.8 Å². The van der Waals surface area contributed by atoms with E-state index in [9.17, 15) is 4.79 Å². The summed E-state index contributed by atoms with van der Waals surface area (Å²) in [6.07, 6.45) is 3.80. The van der Waals surface area contributed by atoms with Crippen molar-refractivity contribution in [3.63, 3.8) is 0 Å². The second-order valence-electron chi connectivity index (χ2n) is 6.64. The Morgan fingerprint density at radius 1 is 1.33 bits per heavy atom. The lowest BCUT2D eigenvalue weighted by Crippen LogP contribution is -2.32. The van der Waals surface area contributed by atoms with Gasteiger partial charge in [-0.2, -0.15) is 0 Å². The molecule has 7 heteroatoms. The first-order chi connectivity index (χ1) is 12.9. The Bertz CT molecular complexity index is 911. The molecule has 0 spiro atoms. The molecule has 0 bridgehead atoms. The van der Waals surface area contributed by atoms with Crippen LogP contribution in [-0.2, 0) is 15.3 Å². The lowest BCUT2D eigenvalue weighted by atomic mass is 9.99. The number of carboxylic acid groups (broad SMARTS) is 1. The molecule has 0 radical (unpaired) electrons. The van der Waals surface area contributed by atoms with Crippen LogP contribution in [0.2, 0.25) is 5.02 Å². The lowest BCUT2D eigenvalue weighted by Gasteiger charge is -2.24. The molecule has 2 aromatic rings. The normalized spacial score (nSPS) is 23.8. The molecule has 3 heterocycles. The molecule has 0 saturated heterocycles. The van der Waals surface area contributed by atoms with Gasteiger partial charge in [0.15, 0.2) is 11.5 Å². The zero-order valence-corrected chi connectivity index (χ0v) is 15.4. The number of fused-ring (bicyclic) bond motifs is 1. The molecule has 0 saturated carbocycles. The lowest BCUT2D eigenvalue weighted by molar-refractivity contribution is -0.140. The Morgan fingerprint density at radius 3 is 2.85 bits per heavy atom. The van der Waals surface area contributed by atoms with E-state index in [1.807, 2.05) is 31.2 Å². The summed E-state index contributed by atoms with van der Waals surface area (Å²) in [5.74, 6) is -0.658. The van der Waals surface area contributed by atoms with Crippen molar-refractivity contribution in [2.24, 2.45) is 0 Å². The van der Waals surface area contributed by atoms with Crippen LogP contribution in [0.5, 0.6) is 11.5 Å². The highest BCUT2D eigenvalue weighted by Crippen LogP contribution is 2.47. The molecule has 0 fully saturated rings. The first-order valence-corrected chi connectivity index (χ1v) is 8.98. The number of ether oxygens (including phenoxy) is 3. The van der Waals surface area contributed by atoms with Crippen molar-refractivity contribution in [1.82, 2.24) is 4.98 Å². The summed E-state index contributed by atoms with van der Waals surface area (Å²) in [6, 6.07) is 9.19. The van der Waals surface area contributed by atoms with Crippen molar-refractivity contribution in [1.29, 1.82) is 0 Å². The summed E-state index contributed by atoms with van der Waals surface area (Å²) in [6.45, 7) is 2.13. The highest BCUT2D eigenvalue weighted by Gasteiger charge is 2.41. The van der Waals surface area contributed by atoms with Gasteiger partial charge in [-0.1, -0.05) is 29.8 Å². The summed E-state index contributed by atoms with van der Waals surface area (Å²) < 4.78 is 17.9. The van der Waals surface area contributed by atoms with Crippen LogP contribution >= 0.6 is 11.6 Å². The minimum absolute atomic E-state index is 0.00338. The van der Waals surface area contributed by atoms with Crippen LogP contribution in [0.15, 0.2) is 42.6 Å². The molecule has 0 aliphatic carbocycles. The van der Waals surface area contributed by atoms with Crippen LogP contribution in [0, 0.1) is 0 Å². The number of hydrogen-bond donors (Lipinski definition) is 1. The molecule has 27 heavy (non-hydrogen) atoms. The summed E-state index contributed by atoms with van der Waals surface area (Å²) in [7, 11) is 0. The number of pyridine rings is 1. The average molecular weight is 388 g/mol. The van der Waals surface area contributed by atoms with Gasteiger partial charge in [-0.05, 0) is 30.2 Å². The fraction of sp³-hybridized carbons (Fsp3) is 0.300. The maximum absolute atomic E-state index is 10.8. The number of aromatic nitrogens is 1. The molecule has 4 rings (SSSR count). The van der Waals surface area contributed by atoms with Crippen molar-refractivity contribution in [3.8, 4) is 11.5 Å². The number of nitrogens with zero attached hydrogens (tertiary/aromatic N) is 1. The van der Waals surface area contributed by atoms with Gasteiger partial charge in [-0.3, -0.25) is 9.78 Å². The van der Waals surface area contributed by atoms with Crippen LogP contribution in [0.3, 0.4) is 0 Å². The third kappa shape index (κ3) is 3.50. The van der Waals surface area contributed by atoms with Gasteiger partial charge in [0.25, 0.3) is 5.79 Å². The van der Waals surface area contributed by atoms with Crippen molar-refractivity contribution < 1.29 is 24.1 Å². The summed E-state index contributed by atoms with van der Waals surface area (Å²) in [5.41, 5.74) is 2.44. The van der Waals surface area contributed by atoms with Crippen LogP contribution < -0.4 is 9.47 Å². The summed E-state index contributed by atoms with van der Waals surface area (Å²) in [4.78, 5) is 15.2. The van der Waals surface area contributed by atoms with Crippen LogP contribution in [0.25, 0.3) is 5.57 Å². The van der Waals surface area contributed by atoms with Crippen molar-refractivity contribution >= 4 is 23.1 Å². The Hall–Kier alpha value is -2.57. The number of para-hydroxylation sites is 1. The smallest absolute Gasteiger partial charge is 0.305 e. The zero-order valence-electron chi connectivity index (χ0n) is 14.6. The Balaban J connectivity index is 1.60. The Labute approximate surface area is 161 Å². The standard InChI is InChI=1S/C20H18ClNO5/c1-20(17-8-6-13(21)10-22-17)26-16-4-2-3-15(19(16)27-20)12-5-7-14(25-11-12)9-18(23)24/h2-6,8,10,14H,7,9,11H2,1H3,(H,23,24)/t14-,20-/m1/s1. The third-order valence-electron chi connectivity index (χ3n) is 4.62. The largest absolute Gasteiger partial charge is 0.481 e. The van der Waals surface area contributed by atoms with Gasteiger partial charge in [0.1, 0.15) is 5.69 Å². The molecule has 2 atom stereocenters.